The molecule has 1 aromatic carbocycles. The fraction of sp³-hybridized carbons (Fsp3) is 0.571. The first kappa shape index (κ1) is 14.0. The molecule has 1 aliphatic heterocycles. The Kier molecular flexibility index (Phi) is 4.76. The van der Waals surface area contributed by atoms with E-state index in [1.807, 2.05) is 6.07 Å². The Hall–Kier alpha value is -0.450. The first-order chi connectivity index (χ1) is 8.61. The molecule has 1 saturated heterocycles. The number of hydrogen-bond acceptors (Lipinski definition) is 2. The zero-order valence-corrected chi connectivity index (χ0v) is 12.3. The highest BCUT2D eigenvalue weighted by molar-refractivity contribution is 9.10. The SMILES string of the molecule is CC1CCCN(C(CN)c2ccc(Br)c(F)c2)C1. The average molecular weight is 315 g/mol. The van der Waals surface area contributed by atoms with E-state index in [9.17, 15) is 4.39 Å². The fourth-order valence-electron chi connectivity index (χ4n) is 2.72. The van der Waals surface area contributed by atoms with Crippen LogP contribution < -0.4 is 5.73 Å². The molecule has 0 aromatic heterocycles. The molecule has 0 bridgehead atoms. The van der Waals surface area contributed by atoms with E-state index in [-0.39, 0.29) is 11.9 Å². The van der Waals surface area contributed by atoms with Gasteiger partial charge < -0.3 is 5.73 Å². The van der Waals surface area contributed by atoms with E-state index in [2.05, 4.69) is 27.8 Å². The lowest BCUT2D eigenvalue weighted by atomic mass is 9.96. The van der Waals surface area contributed by atoms with Crippen molar-refractivity contribution < 1.29 is 4.39 Å². The topological polar surface area (TPSA) is 29.3 Å². The van der Waals surface area contributed by atoms with Crippen LogP contribution in [0.2, 0.25) is 0 Å². The molecular weight excluding hydrogens is 295 g/mol. The van der Waals surface area contributed by atoms with Crippen LogP contribution in [-0.4, -0.2) is 24.5 Å². The van der Waals surface area contributed by atoms with Crippen LogP contribution in [0.1, 0.15) is 31.4 Å². The number of benzene rings is 1. The molecule has 2 atom stereocenters. The monoisotopic (exact) mass is 314 g/mol. The number of likely N-dealkylation sites (tertiary alicyclic amines) is 1. The second kappa shape index (κ2) is 6.13. The van der Waals surface area contributed by atoms with E-state index in [0.29, 0.717) is 16.9 Å². The van der Waals surface area contributed by atoms with Crippen molar-refractivity contribution in [3.05, 3.63) is 34.1 Å². The smallest absolute Gasteiger partial charge is 0.137 e. The number of halogens is 2. The normalized spacial score (nSPS) is 23.0. The molecule has 0 spiro atoms. The summed E-state index contributed by atoms with van der Waals surface area (Å²) < 4.78 is 14.1. The summed E-state index contributed by atoms with van der Waals surface area (Å²) in [4.78, 5) is 2.39. The molecule has 0 amide bonds. The van der Waals surface area contributed by atoms with Crippen LogP contribution in [0.4, 0.5) is 4.39 Å². The number of piperidine rings is 1. The lowest BCUT2D eigenvalue weighted by molar-refractivity contribution is 0.133. The van der Waals surface area contributed by atoms with Gasteiger partial charge in [0.05, 0.1) is 4.47 Å². The maximum absolute atomic E-state index is 13.6. The van der Waals surface area contributed by atoms with Crippen LogP contribution in [0.15, 0.2) is 22.7 Å². The number of hydrogen-bond donors (Lipinski definition) is 1. The number of nitrogens with two attached hydrogens (primary N) is 1. The van der Waals surface area contributed by atoms with Gasteiger partial charge in [-0.05, 0) is 58.9 Å². The minimum Gasteiger partial charge on any atom is -0.329 e. The van der Waals surface area contributed by atoms with E-state index < -0.39 is 0 Å². The van der Waals surface area contributed by atoms with E-state index in [0.717, 1.165) is 18.7 Å². The van der Waals surface area contributed by atoms with Gasteiger partial charge >= 0.3 is 0 Å². The van der Waals surface area contributed by atoms with Crippen LogP contribution in [0.5, 0.6) is 0 Å². The Bertz CT molecular complexity index is 411. The third-order valence-electron chi connectivity index (χ3n) is 3.68. The summed E-state index contributed by atoms with van der Waals surface area (Å²) in [6, 6.07) is 5.46. The molecule has 2 unspecified atom stereocenters. The van der Waals surface area contributed by atoms with Gasteiger partial charge in [0.15, 0.2) is 0 Å². The largest absolute Gasteiger partial charge is 0.329 e. The van der Waals surface area contributed by atoms with E-state index in [1.165, 1.54) is 12.8 Å². The molecule has 0 aliphatic carbocycles. The molecule has 100 valence electrons. The van der Waals surface area contributed by atoms with Crippen molar-refractivity contribution in [2.75, 3.05) is 19.6 Å². The summed E-state index contributed by atoms with van der Waals surface area (Å²) in [5, 5.41) is 0. The predicted molar refractivity (Wildman–Crippen MR) is 75.9 cm³/mol. The molecule has 2 nitrogen and oxygen atoms in total. The van der Waals surface area contributed by atoms with Crippen molar-refractivity contribution in [1.82, 2.24) is 4.90 Å². The molecule has 4 heteroatoms. The van der Waals surface area contributed by atoms with Crippen molar-refractivity contribution in [2.24, 2.45) is 11.7 Å². The van der Waals surface area contributed by atoms with Gasteiger partial charge in [-0.2, -0.15) is 0 Å². The minimum atomic E-state index is -0.212. The fourth-order valence-corrected chi connectivity index (χ4v) is 2.97. The van der Waals surface area contributed by atoms with Crippen LogP contribution in [0.3, 0.4) is 0 Å². The molecule has 1 aromatic rings. The third-order valence-corrected chi connectivity index (χ3v) is 4.32. The zero-order chi connectivity index (χ0) is 13.1. The molecule has 0 radical (unpaired) electrons. The average Bonchev–Trinajstić information content (AvgIpc) is 2.35. The van der Waals surface area contributed by atoms with Gasteiger partial charge in [-0.3, -0.25) is 4.90 Å². The molecule has 1 fully saturated rings. The van der Waals surface area contributed by atoms with Gasteiger partial charge in [0.1, 0.15) is 5.82 Å². The maximum Gasteiger partial charge on any atom is 0.137 e. The first-order valence-electron chi connectivity index (χ1n) is 6.51. The van der Waals surface area contributed by atoms with Crippen molar-refractivity contribution in [2.45, 2.75) is 25.8 Å². The molecule has 2 N–H and O–H groups in total. The third kappa shape index (κ3) is 3.11. The predicted octanol–water partition coefficient (Wildman–Crippen LogP) is 3.32. The first-order valence-corrected chi connectivity index (χ1v) is 7.30. The Morgan fingerprint density at radius 2 is 2.33 bits per heavy atom. The molecule has 2 rings (SSSR count). The van der Waals surface area contributed by atoms with Gasteiger partial charge in [-0.15, -0.1) is 0 Å². The van der Waals surface area contributed by atoms with Crippen LogP contribution in [-0.2, 0) is 0 Å². The van der Waals surface area contributed by atoms with Gasteiger partial charge in [-0.25, -0.2) is 4.39 Å². The molecule has 18 heavy (non-hydrogen) atoms. The summed E-state index contributed by atoms with van der Waals surface area (Å²) >= 11 is 3.19. The minimum absolute atomic E-state index is 0.135. The Morgan fingerprint density at radius 1 is 1.56 bits per heavy atom. The van der Waals surface area contributed by atoms with Gasteiger partial charge in [0.2, 0.25) is 0 Å². The quantitative estimate of drug-likeness (QED) is 0.927. The lowest BCUT2D eigenvalue weighted by Gasteiger charge is -2.37. The molecule has 1 aliphatic rings. The summed E-state index contributed by atoms with van der Waals surface area (Å²) in [6.45, 7) is 4.92. The van der Waals surface area contributed by atoms with Gasteiger partial charge in [0.25, 0.3) is 0 Å². The summed E-state index contributed by atoms with van der Waals surface area (Å²) in [5.74, 6) is 0.490. The Labute approximate surface area is 116 Å². The Balaban J connectivity index is 2.18. The highest BCUT2D eigenvalue weighted by Gasteiger charge is 2.24. The molecular formula is C14H20BrFN2. The summed E-state index contributed by atoms with van der Waals surface area (Å²) in [6.07, 6.45) is 2.49. The highest BCUT2D eigenvalue weighted by atomic mass is 79.9. The molecule has 1 heterocycles. The van der Waals surface area contributed by atoms with E-state index in [4.69, 9.17) is 5.73 Å². The molecule has 0 saturated carbocycles. The van der Waals surface area contributed by atoms with Crippen molar-refractivity contribution in [3.63, 3.8) is 0 Å². The van der Waals surface area contributed by atoms with E-state index >= 15 is 0 Å². The number of rotatable bonds is 3. The zero-order valence-electron chi connectivity index (χ0n) is 10.7. The standard InChI is InChI=1S/C14H20BrFN2/c1-10-3-2-6-18(9-10)14(8-17)11-4-5-12(15)13(16)7-11/h4-5,7,10,14H,2-3,6,8-9,17H2,1H3. The van der Waals surface area contributed by atoms with Crippen molar-refractivity contribution in [1.29, 1.82) is 0 Å². The second-order valence-corrected chi connectivity index (χ2v) is 6.02. The van der Waals surface area contributed by atoms with Gasteiger partial charge in [0, 0.05) is 19.1 Å². The van der Waals surface area contributed by atoms with Crippen LogP contribution in [0, 0.1) is 11.7 Å². The highest BCUT2D eigenvalue weighted by Crippen LogP contribution is 2.28. The summed E-state index contributed by atoms with van der Waals surface area (Å²) in [7, 11) is 0. The van der Waals surface area contributed by atoms with Crippen LogP contribution >= 0.6 is 15.9 Å². The number of nitrogens with zero attached hydrogens (tertiary/aromatic N) is 1. The van der Waals surface area contributed by atoms with Crippen molar-refractivity contribution >= 4 is 15.9 Å². The Morgan fingerprint density at radius 3 is 2.94 bits per heavy atom. The van der Waals surface area contributed by atoms with E-state index in [1.54, 1.807) is 12.1 Å². The van der Waals surface area contributed by atoms with Gasteiger partial charge in [-0.1, -0.05) is 13.0 Å². The van der Waals surface area contributed by atoms with Crippen molar-refractivity contribution in [3.8, 4) is 0 Å². The second-order valence-electron chi connectivity index (χ2n) is 5.17. The lowest BCUT2D eigenvalue weighted by Crippen LogP contribution is -2.40. The maximum atomic E-state index is 13.6. The summed E-state index contributed by atoms with van der Waals surface area (Å²) in [5.41, 5.74) is 6.87. The van der Waals surface area contributed by atoms with Crippen LogP contribution in [0.25, 0.3) is 0 Å².